The second kappa shape index (κ2) is 8.77. The third-order valence-corrected chi connectivity index (χ3v) is 6.15. The average Bonchev–Trinajstić information content (AvgIpc) is 3.10. The standard InChI is InChI=1S/C20H13BrClF6N5O/c21-14-15(18(34)31-16-11(22)6-10(8-29-16)19(23,24)25)32-33-13(20(26,27)28)7-12(30-17(14)33)9-4-2-1-3-5-9/h1-6,8,12-13,30H,7H2,(H,29,31,34)/t12-,13-/m1/s1. The van der Waals surface area contributed by atoms with Crippen LogP contribution in [-0.4, -0.2) is 26.8 Å². The van der Waals surface area contributed by atoms with E-state index in [1.54, 1.807) is 30.3 Å². The van der Waals surface area contributed by atoms with Crippen molar-refractivity contribution in [1.82, 2.24) is 14.8 Å². The molecule has 0 spiro atoms. The van der Waals surface area contributed by atoms with E-state index >= 15 is 0 Å². The van der Waals surface area contributed by atoms with Crippen molar-refractivity contribution in [2.45, 2.75) is 30.9 Å². The lowest BCUT2D eigenvalue weighted by Gasteiger charge is -2.33. The number of amides is 1. The quantitative estimate of drug-likeness (QED) is 0.348. The minimum atomic E-state index is -4.70. The summed E-state index contributed by atoms with van der Waals surface area (Å²) in [6.07, 6.45) is -9.26. The third kappa shape index (κ3) is 4.71. The maximum absolute atomic E-state index is 13.9. The summed E-state index contributed by atoms with van der Waals surface area (Å²) in [4.78, 5) is 16.2. The average molecular weight is 569 g/mol. The number of anilines is 2. The highest BCUT2D eigenvalue weighted by Gasteiger charge is 2.47. The molecule has 1 aromatic carbocycles. The summed E-state index contributed by atoms with van der Waals surface area (Å²) in [5.74, 6) is -1.49. The predicted molar refractivity (Wildman–Crippen MR) is 115 cm³/mol. The number of rotatable bonds is 3. The lowest BCUT2D eigenvalue weighted by Crippen LogP contribution is -2.35. The molecular weight excluding hydrogens is 556 g/mol. The van der Waals surface area contributed by atoms with E-state index in [1.807, 2.05) is 0 Å². The van der Waals surface area contributed by atoms with Crippen LogP contribution in [0.15, 0.2) is 47.1 Å². The van der Waals surface area contributed by atoms with Crippen LogP contribution in [0.2, 0.25) is 5.02 Å². The Hall–Kier alpha value is -2.80. The van der Waals surface area contributed by atoms with Gasteiger partial charge >= 0.3 is 12.4 Å². The van der Waals surface area contributed by atoms with Gasteiger partial charge in [-0.2, -0.15) is 31.4 Å². The van der Waals surface area contributed by atoms with Gasteiger partial charge in [-0.1, -0.05) is 41.9 Å². The van der Waals surface area contributed by atoms with Gasteiger partial charge in [0, 0.05) is 12.6 Å². The van der Waals surface area contributed by atoms with E-state index in [-0.39, 0.29) is 16.7 Å². The Kier molecular flexibility index (Phi) is 6.27. The van der Waals surface area contributed by atoms with Gasteiger partial charge in [-0.15, -0.1) is 0 Å². The van der Waals surface area contributed by atoms with Crippen LogP contribution in [0.1, 0.15) is 40.1 Å². The smallest absolute Gasteiger partial charge is 0.362 e. The number of hydrogen-bond acceptors (Lipinski definition) is 4. The first-order chi connectivity index (χ1) is 15.9. The van der Waals surface area contributed by atoms with Crippen LogP contribution in [0.4, 0.5) is 38.0 Å². The molecule has 1 amide bonds. The molecule has 2 N–H and O–H groups in total. The number of fused-ring (bicyclic) bond motifs is 1. The van der Waals surface area contributed by atoms with Crippen LogP contribution in [0.5, 0.6) is 0 Å². The molecule has 0 aliphatic carbocycles. The maximum atomic E-state index is 13.9. The van der Waals surface area contributed by atoms with Gasteiger partial charge in [-0.3, -0.25) is 4.79 Å². The summed E-state index contributed by atoms with van der Waals surface area (Å²) in [7, 11) is 0. The minimum Gasteiger partial charge on any atom is -0.362 e. The van der Waals surface area contributed by atoms with Gasteiger partial charge in [0.1, 0.15) is 5.82 Å². The topological polar surface area (TPSA) is 71.8 Å². The summed E-state index contributed by atoms with van der Waals surface area (Å²) in [5, 5.41) is 8.48. The van der Waals surface area contributed by atoms with Crippen LogP contribution in [0.25, 0.3) is 0 Å². The molecule has 4 rings (SSSR count). The summed E-state index contributed by atoms with van der Waals surface area (Å²) < 4.78 is 80.6. The van der Waals surface area contributed by atoms with Gasteiger partial charge in [0.25, 0.3) is 5.91 Å². The summed E-state index contributed by atoms with van der Waals surface area (Å²) >= 11 is 8.93. The Labute approximate surface area is 201 Å². The zero-order valence-electron chi connectivity index (χ0n) is 16.7. The number of carbonyl (C=O) groups excluding carboxylic acids is 1. The van der Waals surface area contributed by atoms with Crippen molar-refractivity contribution in [3.8, 4) is 0 Å². The number of halogens is 8. The number of nitrogens with zero attached hydrogens (tertiary/aromatic N) is 3. The second-order valence-corrected chi connectivity index (χ2v) is 8.56. The van der Waals surface area contributed by atoms with E-state index in [9.17, 15) is 31.1 Å². The molecule has 0 unspecified atom stereocenters. The fraction of sp³-hybridized carbons (Fsp3) is 0.250. The molecule has 6 nitrogen and oxygen atoms in total. The van der Waals surface area contributed by atoms with E-state index in [0.717, 1.165) is 0 Å². The first-order valence-corrected chi connectivity index (χ1v) is 10.7. The number of alkyl halides is 6. The zero-order valence-corrected chi connectivity index (χ0v) is 19.0. The molecule has 3 heterocycles. The molecule has 1 aliphatic heterocycles. The highest BCUT2D eigenvalue weighted by molar-refractivity contribution is 9.10. The molecule has 180 valence electrons. The van der Waals surface area contributed by atoms with Gasteiger partial charge in [-0.25, -0.2) is 9.67 Å². The molecule has 1 aliphatic rings. The van der Waals surface area contributed by atoms with Crippen molar-refractivity contribution in [3.63, 3.8) is 0 Å². The monoisotopic (exact) mass is 567 g/mol. The highest BCUT2D eigenvalue weighted by atomic mass is 79.9. The van der Waals surface area contributed by atoms with Crippen molar-refractivity contribution in [1.29, 1.82) is 0 Å². The number of hydrogen-bond donors (Lipinski definition) is 2. The zero-order chi connectivity index (χ0) is 24.8. The number of benzene rings is 1. The van der Waals surface area contributed by atoms with Gasteiger partial charge in [-0.05, 0) is 27.6 Å². The van der Waals surface area contributed by atoms with E-state index in [4.69, 9.17) is 11.6 Å². The summed E-state index contributed by atoms with van der Waals surface area (Å²) in [6, 6.07) is 6.31. The van der Waals surface area contributed by atoms with Crippen molar-refractivity contribution in [3.05, 3.63) is 68.9 Å². The maximum Gasteiger partial charge on any atom is 0.417 e. The molecule has 0 saturated heterocycles. The highest BCUT2D eigenvalue weighted by Crippen LogP contribution is 2.46. The number of carbonyl (C=O) groups is 1. The van der Waals surface area contributed by atoms with Crippen molar-refractivity contribution in [2.75, 3.05) is 10.6 Å². The number of nitrogens with one attached hydrogen (secondary N) is 2. The summed E-state index contributed by atoms with van der Waals surface area (Å²) in [5.41, 5.74) is -0.940. The molecular formula is C20H13BrClF6N5O. The molecule has 0 saturated carbocycles. The van der Waals surface area contributed by atoms with E-state index < -0.39 is 52.4 Å². The van der Waals surface area contributed by atoms with Crippen LogP contribution in [-0.2, 0) is 6.18 Å². The van der Waals surface area contributed by atoms with E-state index in [2.05, 4.69) is 36.6 Å². The SMILES string of the molecule is O=C(Nc1ncc(C(F)(F)F)cc1Cl)c1nn2c(c1Br)N[C@@H](c1ccccc1)C[C@@H]2C(F)(F)F. The van der Waals surface area contributed by atoms with Crippen LogP contribution >= 0.6 is 27.5 Å². The van der Waals surface area contributed by atoms with Gasteiger partial charge < -0.3 is 10.6 Å². The Balaban J connectivity index is 1.67. The van der Waals surface area contributed by atoms with Gasteiger partial charge in [0.05, 0.1) is 21.1 Å². The second-order valence-electron chi connectivity index (χ2n) is 7.36. The van der Waals surface area contributed by atoms with E-state index in [0.29, 0.717) is 22.5 Å². The number of aromatic nitrogens is 3. The molecule has 3 aromatic rings. The van der Waals surface area contributed by atoms with Gasteiger partial charge in [0.15, 0.2) is 17.6 Å². The minimum absolute atomic E-state index is 0.0529. The normalized spacial score (nSPS) is 18.2. The van der Waals surface area contributed by atoms with Crippen molar-refractivity contribution in [2.24, 2.45) is 0 Å². The van der Waals surface area contributed by atoms with Crippen LogP contribution in [0.3, 0.4) is 0 Å². The largest absolute Gasteiger partial charge is 0.417 e. The Bertz CT molecular complexity index is 1230. The molecule has 14 heteroatoms. The van der Waals surface area contributed by atoms with Gasteiger partial charge in [0.2, 0.25) is 0 Å². The van der Waals surface area contributed by atoms with Crippen LogP contribution in [0, 0.1) is 0 Å². The number of pyridine rings is 1. The Morgan fingerprint density at radius 3 is 2.44 bits per heavy atom. The van der Waals surface area contributed by atoms with Crippen molar-refractivity contribution < 1.29 is 31.1 Å². The molecule has 0 radical (unpaired) electrons. The fourth-order valence-corrected chi connectivity index (χ4v) is 4.26. The molecule has 2 atom stereocenters. The first-order valence-electron chi connectivity index (χ1n) is 9.56. The molecule has 34 heavy (non-hydrogen) atoms. The van der Waals surface area contributed by atoms with E-state index in [1.165, 1.54) is 0 Å². The molecule has 2 aromatic heterocycles. The third-order valence-electron chi connectivity index (χ3n) is 5.11. The summed E-state index contributed by atoms with van der Waals surface area (Å²) in [6.45, 7) is 0. The van der Waals surface area contributed by atoms with Crippen molar-refractivity contribution >= 4 is 45.1 Å². The predicted octanol–water partition coefficient (Wildman–Crippen LogP) is 6.63. The molecule has 0 bridgehead atoms. The Morgan fingerprint density at radius 1 is 1.18 bits per heavy atom. The molecule has 0 fully saturated rings. The fourth-order valence-electron chi connectivity index (χ4n) is 3.49. The van der Waals surface area contributed by atoms with Crippen LogP contribution < -0.4 is 10.6 Å². The lowest BCUT2D eigenvalue weighted by molar-refractivity contribution is -0.173. The first kappa shape index (κ1) is 24.3. The Morgan fingerprint density at radius 2 is 1.85 bits per heavy atom. The lowest BCUT2D eigenvalue weighted by atomic mass is 9.97.